The number of hydrogen-bond acceptors (Lipinski definition) is 3. The van der Waals surface area contributed by atoms with Crippen LogP contribution in [0.4, 0.5) is 0 Å². The normalized spacial score (nSPS) is 29.8. The Morgan fingerprint density at radius 3 is 2.44 bits per heavy atom. The molecule has 0 aromatic heterocycles. The van der Waals surface area contributed by atoms with Crippen LogP contribution in [0, 0.1) is 0 Å². The van der Waals surface area contributed by atoms with Crippen LogP contribution >= 0.6 is 11.8 Å². The van der Waals surface area contributed by atoms with E-state index >= 15 is 0 Å². The van der Waals surface area contributed by atoms with E-state index in [0.29, 0.717) is 11.5 Å². The topological polar surface area (TPSA) is 34.1 Å². The van der Waals surface area contributed by atoms with Crippen LogP contribution < -0.4 is 0 Å². The van der Waals surface area contributed by atoms with E-state index in [9.17, 15) is 9.59 Å². The largest absolute Gasteiger partial charge is 0.330 e. The lowest BCUT2D eigenvalue weighted by Crippen LogP contribution is -2.37. The lowest BCUT2D eigenvalue weighted by molar-refractivity contribution is -0.111. The molecule has 16 heavy (non-hydrogen) atoms. The van der Waals surface area contributed by atoms with Crippen molar-refractivity contribution in [2.75, 3.05) is 11.5 Å². The highest BCUT2D eigenvalue weighted by Gasteiger charge is 2.41. The van der Waals surface area contributed by atoms with E-state index in [0.717, 1.165) is 24.3 Å². The fourth-order valence-corrected chi connectivity index (χ4v) is 5.42. The van der Waals surface area contributed by atoms with Crippen molar-refractivity contribution >= 4 is 32.9 Å². The fourth-order valence-electron chi connectivity index (χ4n) is 1.72. The van der Waals surface area contributed by atoms with Crippen LogP contribution in [0.15, 0.2) is 12.7 Å². The maximum Gasteiger partial charge on any atom is 0.330 e. The summed E-state index contributed by atoms with van der Waals surface area (Å²) in [5.41, 5.74) is 0. The van der Waals surface area contributed by atoms with Gasteiger partial charge in [0.05, 0.1) is 17.3 Å². The van der Waals surface area contributed by atoms with Crippen LogP contribution in [-0.4, -0.2) is 26.5 Å². The Labute approximate surface area is 105 Å². The van der Waals surface area contributed by atoms with Gasteiger partial charge in [-0.15, -0.1) is 0 Å². The smallest absolute Gasteiger partial charge is 0.282 e. The molecule has 90 valence electrons. The second-order valence-corrected chi connectivity index (χ2v) is 8.05. The Morgan fingerprint density at radius 1 is 1.44 bits per heavy atom. The van der Waals surface area contributed by atoms with Gasteiger partial charge in [-0.25, -0.2) is 4.79 Å². The summed E-state index contributed by atoms with van der Waals surface area (Å²) in [5, 5.41) is 0.452. The SMILES string of the molecule is C=CC(=O)SC1(C)CC[S+](C(=O)CC)CC1. The summed E-state index contributed by atoms with van der Waals surface area (Å²) in [5.74, 6) is 1.92. The number of rotatable bonds is 3. The van der Waals surface area contributed by atoms with E-state index in [4.69, 9.17) is 0 Å². The Balaban J connectivity index is 2.49. The predicted octanol–water partition coefficient (Wildman–Crippen LogP) is 2.54. The molecule has 0 spiro atoms. The van der Waals surface area contributed by atoms with Gasteiger partial charge in [0.25, 0.3) is 0 Å². The lowest BCUT2D eigenvalue weighted by Gasteiger charge is -2.30. The van der Waals surface area contributed by atoms with Gasteiger partial charge in [-0.05, 0) is 13.0 Å². The number of thioether (sulfide) groups is 1. The molecule has 0 bridgehead atoms. The first-order valence-corrected chi connectivity index (χ1v) is 7.94. The van der Waals surface area contributed by atoms with Crippen molar-refractivity contribution in [1.82, 2.24) is 0 Å². The highest BCUT2D eigenvalue weighted by molar-refractivity contribution is 8.15. The third-order valence-electron chi connectivity index (χ3n) is 2.88. The van der Waals surface area contributed by atoms with Crippen molar-refractivity contribution in [3.63, 3.8) is 0 Å². The first-order valence-electron chi connectivity index (χ1n) is 5.56. The zero-order chi connectivity index (χ0) is 12.2. The molecule has 0 unspecified atom stereocenters. The van der Waals surface area contributed by atoms with Crippen LogP contribution in [-0.2, 0) is 20.5 Å². The van der Waals surface area contributed by atoms with Gasteiger partial charge in [-0.3, -0.25) is 4.79 Å². The summed E-state index contributed by atoms with van der Waals surface area (Å²) in [7, 11) is -0.0422. The summed E-state index contributed by atoms with van der Waals surface area (Å²) < 4.78 is 0.0167. The zero-order valence-corrected chi connectivity index (χ0v) is 11.6. The van der Waals surface area contributed by atoms with Crippen molar-refractivity contribution < 1.29 is 9.59 Å². The molecule has 0 saturated carbocycles. The van der Waals surface area contributed by atoms with Gasteiger partial charge in [-0.2, -0.15) is 0 Å². The predicted molar refractivity (Wildman–Crippen MR) is 72.8 cm³/mol. The molecule has 4 heteroatoms. The van der Waals surface area contributed by atoms with Gasteiger partial charge in [0.1, 0.15) is 11.5 Å². The summed E-state index contributed by atoms with van der Waals surface area (Å²) in [6.07, 6.45) is 3.96. The maximum atomic E-state index is 11.6. The molecular formula is C12H19O2S2+. The van der Waals surface area contributed by atoms with Crippen LogP contribution in [0.25, 0.3) is 0 Å². The molecule has 0 amide bonds. The first kappa shape index (κ1) is 13.8. The molecule has 1 fully saturated rings. The highest BCUT2D eigenvalue weighted by Crippen LogP contribution is 2.37. The summed E-state index contributed by atoms with van der Waals surface area (Å²) in [4.78, 5) is 22.9. The standard InChI is InChI=1S/C12H19O2S2/c1-4-10(13)15-12(3)6-8-16(9-7-12)11(14)5-2/h4H,1,5-9H2,2-3H3/q+1. The van der Waals surface area contributed by atoms with Crippen molar-refractivity contribution in [3.05, 3.63) is 12.7 Å². The highest BCUT2D eigenvalue weighted by atomic mass is 32.2. The Bertz CT molecular complexity index is 291. The minimum Gasteiger partial charge on any atom is -0.282 e. The van der Waals surface area contributed by atoms with Crippen molar-refractivity contribution in [2.45, 2.75) is 37.9 Å². The Hall–Kier alpha value is -0.220. The van der Waals surface area contributed by atoms with Gasteiger partial charge in [0.15, 0.2) is 0 Å². The van der Waals surface area contributed by atoms with Gasteiger partial charge in [0, 0.05) is 17.6 Å². The molecule has 1 aliphatic rings. The number of carbonyl (C=O) groups excluding carboxylic acids is 2. The minimum absolute atomic E-state index is 0.0167. The van der Waals surface area contributed by atoms with E-state index in [2.05, 4.69) is 13.5 Å². The van der Waals surface area contributed by atoms with Gasteiger partial charge >= 0.3 is 5.12 Å². The van der Waals surface area contributed by atoms with E-state index in [1.807, 2.05) is 6.92 Å². The molecule has 0 aliphatic carbocycles. The Kier molecular flexibility index (Phi) is 5.12. The molecule has 1 heterocycles. The second kappa shape index (κ2) is 5.92. The lowest BCUT2D eigenvalue weighted by atomic mass is 10.1. The molecule has 2 nitrogen and oxygen atoms in total. The van der Waals surface area contributed by atoms with Crippen LogP contribution in [0.1, 0.15) is 33.1 Å². The van der Waals surface area contributed by atoms with Crippen LogP contribution in [0.2, 0.25) is 0 Å². The summed E-state index contributed by atoms with van der Waals surface area (Å²) in [6.45, 7) is 7.54. The van der Waals surface area contributed by atoms with Crippen LogP contribution in [0.5, 0.6) is 0 Å². The van der Waals surface area contributed by atoms with Crippen LogP contribution in [0.3, 0.4) is 0 Å². The molecule has 0 N–H and O–H groups in total. The molecule has 0 atom stereocenters. The number of carbonyl (C=O) groups is 2. The third kappa shape index (κ3) is 3.67. The zero-order valence-electron chi connectivity index (χ0n) is 9.95. The molecule has 0 aromatic rings. The van der Waals surface area contributed by atoms with Gasteiger partial charge in [0.2, 0.25) is 5.12 Å². The average Bonchev–Trinajstić information content (AvgIpc) is 2.28. The van der Waals surface area contributed by atoms with E-state index < -0.39 is 0 Å². The van der Waals surface area contributed by atoms with Gasteiger partial charge < -0.3 is 0 Å². The van der Waals surface area contributed by atoms with E-state index in [-0.39, 0.29) is 20.8 Å². The summed E-state index contributed by atoms with van der Waals surface area (Å²) in [6, 6.07) is 0. The monoisotopic (exact) mass is 259 g/mol. The Morgan fingerprint density at radius 2 is 2.00 bits per heavy atom. The molecule has 0 aromatic carbocycles. The van der Waals surface area contributed by atoms with E-state index in [1.165, 1.54) is 17.8 Å². The molecule has 1 saturated heterocycles. The molecular weight excluding hydrogens is 240 g/mol. The molecule has 1 rings (SSSR count). The quantitative estimate of drug-likeness (QED) is 0.577. The maximum absolute atomic E-state index is 11.6. The van der Waals surface area contributed by atoms with Gasteiger partial charge in [-0.1, -0.05) is 25.3 Å². The van der Waals surface area contributed by atoms with Crippen molar-refractivity contribution in [2.24, 2.45) is 0 Å². The number of hydrogen-bond donors (Lipinski definition) is 0. The average molecular weight is 259 g/mol. The molecule has 0 radical (unpaired) electrons. The molecule has 1 aliphatic heterocycles. The van der Waals surface area contributed by atoms with Crippen molar-refractivity contribution in [3.8, 4) is 0 Å². The third-order valence-corrected chi connectivity index (χ3v) is 6.47. The second-order valence-electron chi connectivity index (χ2n) is 4.20. The summed E-state index contributed by atoms with van der Waals surface area (Å²) >= 11 is 1.38. The fraction of sp³-hybridized carbons (Fsp3) is 0.667. The van der Waals surface area contributed by atoms with Crippen molar-refractivity contribution in [1.29, 1.82) is 0 Å². The first-order chi connectivity index (χ1) is 7.50. The minimum atomic E-state index is -0.0422. The van der Waals surface area contributed by atoms with E-state index in [1.54, 1.807) is 0 Å².